The van der Waals surface area contributed by atoms with E-state index in [-0.39, 0.29) is 13.2 Å². The van der Waals surface area contributed by atoms with E-state index in [9.17, 15) is 9.59 Å². The Labute approximate surface area is 263 Å². The zero-order chi connectivity index (χ0) is 30.7. The van der Waals surface area contributed by atoms with E-state index >= 15 is 0 Å². The van der Waals surface area contributed by atoms with Gasteiger partial charge >= 0.3 is 6.09 Å². The predicted molar refractivity (Wildman–Crippen MR) is 172 cm³/mol. The molecule has 1 aromatic heterocycles. The summed E-state index contributed by atoms with van der Waals surface area (Å²) in [6.07, 6.45) is 16.7. The largest absolute Gasteiger partial charge is 0.492 e. The number of pyridine rings is 1. The number of benzene rings is 2. The number of halogens is 1. The van der Waals surface area contributed by atoms with Gasteiger partial charge in [0.1, 0.15) is 25.9 Å². The highest BCUT2D eigenvalue weighted by Gasteiger charge is 2.27. The molecule has 0 aliphatic rings. The van der Waals surface area contributed by atoms with E-state index in [1.165, 1.54) is 64.2 Å². The molecule has 0 aliphatic heterocycles. The van der Waals surface area contributed by atoms with Crippen molar-refractivity contribution in [3.8, 4) is 5.75 Å². The lowest BCUT2D eigenvalue weighted by atomic mass is 10.1. The highest BCUT2D eigenvalue weighted by atomic mass is 35.5. The molecule has 0 fully saturated rings. The number of carbonyl (C=O) groups excluding carboxylic acids is 2. The Kier molecular flexibility index (Phi) is 15.7. The molecule has 0 unspecified atom stereocenters. The van der Waals surface area contributed by atoms with Crippen molar-refractivity contribution in [1.82, 2.24) is 4.90 Å². The van der Waals surface area contributed by atoms with Crippen LogP contribution in [0.15, 0.2) is 72.9 Å². The first kappa shape index (κ1) is 34.1. The molecule has 43 heavy (non-hydrogen) atoms. The minimum absolute atomic E-state index is 0.0168. The number of unbranched alkanes of at least 4 members (excludes halogenated alkanes) is 11. The van der Waals surface area contributed by atoms with Gasteiger partial charge in [-0.05, 0) is 36.2 Å². The fourth-order valence-corrected chi connectivity index (χ4v) is 5.20. The molecule has 1 heterocycles. The van der Waals surface area contributed by atoms with E-state index in [4.69, 9.17) is 21.1 Å². The number of rotatable bonds is 19. The van der Waals surface area contributed by atoms with E-state index in [1.54, 1.807) is 30.3 Å². The van der Waals surface area contributed by atoms with Gasteiger partial charge in [0.15, 0.2) is 6.20 Å². The number of imide groups is 1. The Balaban J connectivity index is 1.41. The highest BCUT2D eigenvalue weighted by molar-refractivity contribution is 6.32. The molecule has 3 rings (SSSR count). The van der Waals surface area contributed by atoms with Crippen LogP contribution in [0.5, 0.6) is 5.75 Å². The number of hydrogen-bond acceptors (Lipinski definition) is 4. The second kappa shape index (κ2) is 19.7. The highest BCUT2D eigenvalue weighted by Crippen LogP contribution is 2.26. The standard InChI is InChI=1S/C36H48ClN2O4/c1-3-4-5-6-7-8-9-10-11-12-13-19-26-42-34-24-23-30(27-33(34)37)29-43-36(41)39(28-32-22-17-18-25-38(32)2)35(40)31-20-15-14-16-21-31/h14-18,20-25,27H,3-13,19,26,28-29H2,1-2H3/q+1. The molecule has 0 N–H and O–H groups in total. The Morgan fingerprint density at radius 2 is 1.42 bits per heavy atom. The molecule has 6 nitrogen and oxygen atoms in total. The summed E-state index contributed by atoms with van der Waals surface area (Å²) in [6, 6.07) is 19.7. The van der Waals surface area contributed by atoms with Gasteiger partial charge in [-0.25, -0.2) is 14.3 Å². The maximum Gasteiger partial charge on any atom is 0.417 e. The van der Waals surface area contributed by atoms with E-state index in [0.29, 0.717) is 28.5 Å². The van der Waals surface area contributed by atoms with Crippen LogP contribution in [0.3, 0.4) is 0 Å². The third-order valence-electron chi connectivity index (χ3n) is 7.58. The summed E-state index contributed by atoms with van der Waals surface area (Å²) in [7, 11) is 1.87. The third-order valence-corrected chi connectivity index (χ3v) is 7.88. The molecular formula is C36H48ClN2O4+. The molecule has 0 aliphatic carbocycles. The van der Waals surface area contributed by atoms with E-state index < -0.39 is 12.0 Å². The van der Waals surface area contributed by atoms with Gasteiger partial charge < -0.3 is 9.47 Å². The summed E-state index contributed by atoms with van der Waals surface area (Å²) >= 11 is 6.48. The lowest BCUT2D eigenvalue weighted by Gasteiger charge is -2.19. The van der Waals surface area contributed by atoms with Crippen LogP contribution in [-0.4, -0.2) is 23.5 Å². The van der Waals surface area contributed by atoms with Gasteiger partial charge in [-0.3, -0.25) is 4.79 Å². The number of amides is 2. The molecule has 232 valence electrons. The lowest BCUT2D eigenvalue weighted by Crippen LogP contribution is -2.42. The van der Waals surface area contributed by atoms with Crippen LogP contribution < -0.4 is 9.30 Å². The van der Waals surface area contributed by atoms with Crippen molar-refractivity contribution in [3.63, 3.8) is 0 Å². The van der Waals surface area contributed by atoms with Crippen molar-refractivity contribution in [2.24, 2.45) is 7.05 Å². The second-order valence-electron chi connectivity index (χ2n) is 11.1. The van der Waals surface area contributed by atoms with Crippen molar-refractivity contribution in [1.29, 1.82) is 0 Å². The number of nitrogens with zero attached hydrogens (tertiary/aromatic N) is 2. The molecule has 0 radical (unpaired) electrons. The predicted octanol–water partition coefficient (Wildman–Crippen LogP) is 9.22. The first-order chi connectivity index (χ1) is 21.0. The van der Waals surface area contributed by atoms with Crippen molar-refractivity contribution in [2.75, 3.05) is 6.61 Å². The SMILES string of the molecule is CCCCCCCCCCCCCCOc1ccc(COC(=O)N(Cc2cccc[n+]2C)C(=O)c2ccccc2)cc1Cl. The quantitative estimate of drug-likeness (QED) is 0.101. The van der Waals surface area contributed by atoms with Crippen molar-refractivity contribution in [3.05, 3.63) is 94.8 Å². The molecule has 0 saturated heterocycles. The number of hydrogen-bond donors (Lipinski definition) is 0. The Morgan fingerprint density at radius 1 is 0.791 bits per heavy atom. The van der Waals surface area contributed by atoms with Crippen molar-refractivity contribution < 1.29 is 23.6 Å². The van der Waals surface area contributed by atoms with Crippen LogP contribution in [-0.2, 0) is 24.9 Å². The molecule has 0 spiro atoms. The maximum atomic E-state index is 13.3. The molecule has 2 aromatic carbocycles. The monoisotopic (exact) mass is 607 g/mol. The summed E-state index contributed by atoms with van der Waals surface area (Å²) in [4.78, 5) is 27.5. The average Bonchev–Trinajstić information content (AvgIpc) is 3.02. The van der Waals surface area contributed by atoms with Crippen molar-refractivity contribution >= 4 is 23.6 Å². The van der Waals surface area contributed by atoms with Gasteiger partial charge in [0.05, 0.1) is 11.6 Å². The molecule has 3 aromatic rings. The summed E-state index contributed by atoms with van der Waals surface area (Å²) in [5, 5.41) is 0.473. The Morgan fingerprint density at radius 3 is 2.05 bits per heavy atom. The summed E-state index contributed by atoms with van der Waals surface area (Å²) in [5.74, 6) is 0.200. The Bertz CT molecular complexity index is 1250. The smallest absolute Gasteiger partial charge is 0.417 e. The zero-order valence-corrected chi connectivity index (χ0v) is 26.7. The van der Waals surface area contributed by atoms with Gasteiger partial charge in [0.2, 0.25) is 5.69 Å². The van der Waals surface area contributed by atoms with Crippen LogP contribution in [0.4, 0.5) is 4.79 Å². The van der Waals surface area contributed by atoms with Crippen LogP contribution in [0.1, 0.15) is 106 Å². The molecule has 0 bridgehead atoms. The topological polar surface area (TPSA) is 59.7 Å². The average molecular weight is 608 g/mol. The normalized spacial score (nSPS) is 10.9. The summed E-state index contributed by atoms with van der Waals surface area (Å²) in [5.41, 5.74) is 1.92. The van der Waals surface area contributed by atoms with Gasteiger partial charge in [0.25, 0.3) is 5.91 Å². The van der Waals surface area contributed by atoms with Gasteiger partial charge in [-0.2, -0.15) is 0 Å². The first-order valence-corrected chi connectivity index (χ1v) is 16.3. The number of carbonyl (C=O) groups is 2. The molecule has 2 amide bonds. The van der Waals surface area contributed by atoms with Crippen molar-refractivity contribution in [2.45, 2.75) is 97.1 Å². The van der Waals surface area contributed by atoms with Crippen LogP contribution in [0.2, 0.25) is 5.02 Å². The van der Waals surface area contributed by atoms with Gasteiger partial charge in [0, 0.05) is 17.7 Å². The van der Waals surface area contributed by atoms with E-state index in [0.717, 1.165) is 23.4 Å². The first-order valence-electron chi connectivity index (χ1n) is 15.9. The molecule has 0 atom stereocenters. The van der Waals surface area contributed by atoms with E-state index in [2.05, 4.69) is 6.92 Å². The minimum atomic E-state index is -0.721. The summed E-state index contributed by atoms with van der Waals surface area (Å²) in [6.45, 7) is 2.95. The number of aromatic nitrogens is 1. The Hall–Kier alpha value is -3.38. The maximum absolute atomic E-state index is 13.3. The third kappa shape index (κ3) is 12.4. The molecule has 7 heteroatoms. The zero-order valence-electron chi connectivity index (χ0n) is 25.9. The number of aryl methyl sites for hydroxylation is 1. The van der Waals surface area contributed by atoms with Gasteiger partial charge in [-0.15, -0.1) is 0 Å². The van der Waals surface area contributed by atoms with E-state index in [1.807, 2.05) is 54.2 Å². The van der Waals surface area contributed by atoms with Crippen LogP contribution in [0.25, 0.3) is 0 Å². The number of ether oxygens (including phenoxy) is 2. The fraction of sp³-hybridized carbons (Fsp3) is 0.472. The van der Waals surface area contributed by atoms with Crippen LogP contribution in [0, 0.1) is 0 Å². The van der Waals surface area contributed by atoms with Gasteiger partial charge in [-0.1, -0.05) is 119 Å². The fourth-order valence-electron chi connectivity index (χ4n) is 4.94. The molecule has 0 saturated carbocycles. The molecular weight excluding hydrogens is 560 g/mol. The minimum Gasteiger partial charge on any atom is -0.492 e. The second-order valence-corrected chi connectivity index (χ2v) is 11.5. The van der Waals surface area contributed by atoms with Crippen LogP contribution >= 0.6 is 11.6 Å². The lowest BCUT2D eigenvalue weighted by molar-refractivity contribution is -0.679. The summed E-state index contributed by atoms with van der Waals surface area (Å²) < 4.78 is 13.4.